The van der Waals surface area contributed by atoms with Crippen molar-refractivity contribution in [1.82, 2.24) is 0 Å². The monoisotopic (exact) mass is 1810 g/mol. The molecule has 4 N–H and O–H groups in total. The summed E-state index contributed by atoms with van der Waals surface area (Å²) < 4.78 is 61.7. The van der Waals surface area contributed by atoms with E-state index in [0.29, 0.717) is 19.3 Å². The number of ether oxygens (including phenoxy) is 3. The zero-order valence-corrected chi connectivity index (χ0v) is 81.9. The number of carbonyl (C=O) groups excluding carboxylic acids is 3. The fourth-order valence-electron chi connectivity index (χ4n) is 13.5. The summed E-state index contributed by atoms with van der Waals surface area (Å²) >= 11 is 0. The molecular weight excluding hydrogens is 1630 g/mol. The number of hydrogen-bond acceptors (Lipinski definition) is 14. The van der Waals surface area contributed by atoms with Crippen molar-refractivity contribution < 1.29 is 75.8 Å². The van der Waals surface area contributed by atoms with E-state index in [1.807, 2.05) is 0 Å². The number of phosphoric ester groups is 2. The van der Waals surface area contributed by atoms with Gasteiger partial charge in [-0.3, -0.25) is 32.5 Å². The zero-order chi connectivity index (χ0) is 92.1. The van der Waals surface area contributed by atoms with Crippen LogP contribution in [0, 0.1) is 0 Å². The molecule has 127 heavy (non-hydrogen) atoms. The van der Waals surface area contributed by atoms with Crippen LogP contribution in [-0.2, 0) is 55.8 Å². The summed E-state index contributed by atoms with van der Waals surface area (Å²) in [6.45, 7) is 2.38. The Bertz CT molecular complexity index is 3140. The van der Waals surface area contributed by atoms with E-state index >= 15 is 0 Å². The highest BCUT2D eigenvalue weighted by molar-refractivity contribution is 7.47. The normalized spacial score (nSPS) is 14.5. The van der Waals surface area contributed by atoms with E-state index in [1.165, 1.54) is 154 Å². The molecule has 0 aromatic carbocycles. The van der Waals surface area contributed by atoms with Gasteiger partial charge in [-0.1, -0.05) is 426 Å². The lowest BCUT2D eigenvalue weighted by atomic mass is 10.0. The number of esters is 3. The predicted octanol–water partition coefficient (Wildman–Crippen LogP) is 31.9. The second-order valence-electron chi connectivity index (χ2n) is 33.1. The van der Waals surface area contributed by atoms with Crippen LogP contribution in [0.2, 0.25) is 0 Å². The lowest BCUT2D eigenvalue weighted by Gasteiger charge is -2.21. The van der Waals surface area contributed by atoms with Crippen LogP contribution in [0.1, 0.15) is 406 Å². The molecule has 0 rings (SSSR count). The SMILES string of the molecule is CC/C=C\C/C=C\C/C=C\C/C=C\C/C=C\C/C=C\CCCCCCCCCCCCCCCCCCC(=O)OCC(O)COP(=O)(O)OCC(O)COP(=O)(O)OCC(COC(=O)CCCCCCCCCCCCCC/C=C\C/C=C\C/C=C\C/C=C\C/C=C\C/C=C\CC)OC(=O)CCCCCCCCCCC/C=C\C/C=C\C/C=C\C/C=C\C/C=C\CC. The Hall–Kier alpha value is -5.87. The van der Waals surface area contributed by atoms with Gasteiger partial charge in [-0.05, 0) is 167 Å². The number of carbonyl (C=O) groups is 3. The van der Waals surface area contributed by atoms with Gasteiger partial charge in [0.05, 0.1) is 26.4 Å². The van der Waals surface area contributed by atoms with Crippen LogP contribution in [0.4, 0.5) is 0 Å². The van der Waals surface area contributed by atoms with E-state index in [4.69, 9.17) is 32.3 Å². The first-order chi connectivity index (χ1) is 62.2. The van der Waals surface area contributed by atoms with Crippen LogP contribution in [0.5, 0.6) is 0 Å². The second-order valence-corrected chi connectivity index (χ2v) is 36.0. The zero-order valence-electron chi connectivity index (χ0n) is 80.1. The van der Waals surface area contributed by atoms with Gasteiger partial charge in [0.1, 0.15) is 25.4 Å². The van der Waals surface area contributed by atoms with E-state index in [1.54, 1.807) is 0 Å². The molecule has 0 spiro atoms. The Labute approximate surface area is 775 Å². The average molecular weight is 1810 g/mol. The van der Waals surface area contributed by atoms with Crippen LogP contribution in [0.25, 0.3) is 0 Å². The average Bonchev–Trinajstić information content (AvgIpc) is 0.899. The van der Waals surface area contributed by atoms with E-state index in [0.717, 1.165) is 193 Å². The first-order valence-electron chi connectivity index (χ1n) is 50.4. The first kappa shape index (κ1) is 121. The molecule has 0 bridgehead atoms. The maximum absolute atomic E-state index is 13.1. The number of aliphatic hydroxyl groups excluding tert-OH is 2. The molecule has 16 nitrogen and oxygen atoms in total. The number of rotatable bonds is 94. The summed E-state index contributed by atoms with van der Waals surface area (Å²) in [4.78, 5) is 59.2. The lowest BCUT2D eigenvalue weighted by molar-refractivity contribution is -0.161. The van der Waals surface area contributed by atoms with Crippen molar-refractivity contribution in [3.05, 3.63) is 207 Å². The molecule has 0 amide bonds. The van der Waals surface area contributed by atoms with Crippen LogP contribution in [-0.4, -0.2) is 95.9 Å². The van der Waals surface area contributed by atoms with Gasteiger partial charge in [-0.25, -0.2) is 9.13 Å². The Morgan fingerprint density at radius 1 is 0.220 bits per heavy atom. The quantitative estimate of drug-likeness (QED) is 0.0146. The van der Waals surface area contributed by atoms with Crippen LogP contribution < -0.4 is 0 Å². The Morgan fingerprint density at radius 2 is 0.394 bits per heavy atom. The van der Waals surface area contributed by atoms with Gasteiger partial charge in [-0.2, -0.15) is 0 Å². The minimum absolute atomic E-state index is 0.0910. The van der Waals surface area contributed by atoms with E-state index in [2.05, 4.69) is 227 Å². The van der Waals surface area contributed by atoms with Gasteiger partial charge in [0.25, 0.3) is 0 Å². The molecule has 0 fully saturated rings. The Morgan fingerprint density at radius 3 is 0.622 bits per heavy atom. The number of phosphoric acid groups is 2. The van der Waals surface area contributed by atoms with Crippen molar-refractivity contribution in [3.63, 3.8) is 0 Å². The van der Waals surface area contributed by atoms with E-state index in [9.17, 15) is 43.5 Å². The third-order valence-corrected chi connectivity index (χ3v) is 22.9. The summed E-state index contributed by atoms with van der Waals surface area (Å²) in [5, 5.41) is 20.8. The van der Waals surface area contributed by atoms with Crippen molar-refractivity contribution >= 4 is 33.6 Å². The maximum Gasteiger partial charge on any atom is 0.472 e. The third kappa shape index (κ3) is 101. The highest BCUT2D eigenvalue weighted by Crippen LogP contribution is 2.45. The fraction of sp³-hybridized carbons (Fsp3) is 0.661. The standard InChI is InChI=1S/C109H182O16P2/c1-4-7-10-13-16-19-22-25-28-31-34-37-40-43-45-47-49-50-51-52-54-56-57-60-62-65-68-71-74-77-80-83-86-89-92-95-107(112)119-98-104(110)99-121-126(115,116)122-100-105(111)101-123-127(117,118)124-103-106(125-109(114)97-94-91-88-85-82-79-76-73-70-67-64-59-42-39-36-33-30-27-24-21-18-15-12-9-6-3)102-120-108(113)96-93-90-87-84-81-78-75-72-69-66-63-61-58-55-53-48-46-44-41-38-35-32-29-26-23-20-17-14-11-8-5-2/h7-12,16-21,25-30,34-39,43-46,49-50,53,55,59,64,104-106,110-111H,4-6,13-15,22-24,31-33,40-42,47-48,51-52,54,56-58,60-63,65-103H2,1-3H3,(H,115,116)(H,117,118)/b10-7-,11-8-,12-9-,19-16-,20-17-,21-18-,28-25-,29-26-,30-27-,37-34-,38-35-,39-36-,45-43-,46-44-,50-49-,55-53-,64-59-. The molecule has 0 aromatic rings. The Balaban J connectivity index is 4.60. The smallest absolute Gasteiger partial charge is 0.463 e. The van der Waals surface area contributed by atoms with Crippen molar-refractivity contribution in [2.24, 2.45) is 0 Å². The van der Waals surface area contributed by atoms with Crippen molar-refractivity contribution in [2.45, 2.75) is 424 Å². The topological polar surface area (TPSA) is 231 Å². The minimum Gasteiger partial charge on any atom is -0.463 e. The summed E-state index contributed by atoms with van der Waals surface area (Å²) in [7, 11) is -9.83. The number of hydrogen-bond donors (Lipinski definition) is 4. The molecule has 0 aliphatic carbocycles. The summed E-state index contributed by atoms with van der Waals surface area (Å²) in [6, 6.07) is 0. The van der Waals surface area contributed by atoms with E-state index < -0.39 is 91.5 Å². The van der Waals surface area contributed by atoms with Crippen LogP contribution >= 0.6 is 15.6 Å². The van der Waals surface area contributed by atoms with Crippen molar-refractivity contribution in [2.75, 3.05) is 39.6 Å². The van der Waals surface area contributed by atoms with Gasteiger partial charge in [0, 0.05) is 19.3 Å². The highest BCUT2D eigenvalue weighted by Gasteiger charge is 2.30. The number of aliphatic hydroxyl groups is 2. The highest BCUT2D eigenvalue weighted by atomic mass is 31.2. The first-order valence-corrected chi connectivity index (χ1v) is 53.4. The molecule has 18 heteroatoms. The molecule has 5 unspecified atom stereocenters. The molecular formula is C109H182O16P2. The largest absolute Gasteiger partial charge is 0.472 e. The number of allylic oxidation sites excluding steroid dienone is 34. The summed E-state index contributed by atoms with van der Waals surface area (Å²) in [6.07, 6.45) is 134. The second kappa shape index (κ2) is 99.1. The molecule has 0 aliphatic rings. The van der Waals surface area contributed by atoms with E-state index in [-0.39, 0.29) is 19.3 Å². The minimum atomic E-state index is -4.95. The molecule has 5 atom stereocenters. The molecule has 0 aromatic heterocycles. The summed E-state index contributed by atoms with van der Waals surface area (Å²) in [5.74, 6) is -1.58. The molecule has 0 saturated carbocycles. The predicted molar refractivity (Wildman–Crippen MR) is 537 cm³/mol. The molecule has 724 valence electrons. The van der Waals surface area contributed by atoms with Crippen molar-refractivity contribution in [1.29, 1.82) is 0 Å². The van der Waals surface area contributed by atoms with Gasteiger partial charge in [0.2, 0.25) is 0 Å². The van der Waals surface area contributed by atoms with Gasteiger partial charge < -0.3 is 34.2 Å². The third-order valence-electron chi connectivity index (χ3n) is 21.0. The fourth-order valence-corrected chi connectivity index (χ4v) is 15.1. The maximum atomic E-state index is 13.1. The molecule has 0 heterocycles. The number of unbranched alkanes of at least 4 members (excludes halogenated alkanes) is 37. The van der Waals surface area contributed by atoms with Crippen LogP contribution in [0.15, 0.2) is 207 Å². The van der Waals surface area contributed by atoms with Crippen LogP contribution in [0.3, 0.4) is 0 Å². The Kier molecular flexibility index (Phi) is 94.6. The van der Waals surface area contributed by atoms with Gasteiger partial charge in [0.15, 0.2) is 6.10 Å². The van der Waals surface area contributed by atoms with Gasteiger partial charge >= 0.3 is 33.6 Å². The molecule has 0 saturated heterocycles. The van der Waals surface area contributed by atoms with Crippen molar-refractivity contribution in [3.8, 4) is 0 Å². The molecule has 0 radical (unpaired) electrons. The summed E-state index contributed by atoms with van der Waals surface area (Å²) in [5.41, 5.74) is 0. The molecule has 0 aliphatic heterocycles. The van der Waals surface area contributed by atoms with Gasteiger partial charge in [-0.15, -0.1) is 0 Å². The lowest BCUT2D eigenvalue weighted by Crippen LogP contribution is -2.30.